The van der Waals surface area contributed by atoms with Gasteiger partial charge in [-0.05, 0) is 20.0 Å². The highest BCUT2D eigenvalue weighted by Crippen LogP contribution is 2.03. The average Bonchev–Trinajstić information content (AvgIpc) is 2.37. The second-order valence-corrected chi connectivity index (χ2v) is 2.97. The first kappa shape index (κ1) is 8.40. The minimum atomic E-state index is 1.05. The van der Waals surface area contributed by atoms with E-state index in [1.54, 1.807) is 0 Å². The van der Waals surface area contributed by atoms with Gasteiger partial charge in [-0.25, -0.2) is 0 Å². The van der Waals surface area contributed by atoms with Gasteiger partial charge in [-0.3, -0.25) is 0 Å². The molecule has 0 aliphatic carbocycles. The Morgan fingerprint density at radius 2 is 2.27 bits per heavy atom. The average molecular weight is 155 g/mol. The Hall–Kier alpha value is -0.700. The molecule has 0 radical (unpaired) electrons. The molecule has 0 bridgehead atoms. The van der Waals surface area contributed by atoms with E-state index < -0.39 is 0 Å². The van der Waals surface area contributed by atoms with E-state index in [0.717, 1.165) is 19.8 Å². The van der Waals surface area contributed by atoms with E-state index in [2.05, 4.69) is 34.6 Å². The maximum atomic E-state index is 3.14. The van der Waals surface area contributed by atoms with Gasteiger partial charge in [-0.1, -0.05) is 0 Å². The summed E-state index contributed by atoms with van der Waals surface area (Å²) >= 11 is 0. The first-order chi connectivity index (χ1) is 5.33. The smallest absolute Gasteiger partial charge is 0.0890 e. The van der Waals surface area contributed by atoms with Crippen LogP contribution in [0.5, 0.6) is 0 Å². The first-order valence-corrected chi connectivity index (χ1v) is 4.10. The zero-order valence-corrected chi connectivity index (χ0v) is 7.38. The highest BCUT2D eigenvalue weighted by molar-refractivity contribution is 4.88. The van der Waals surface area contributed by atoms with Crippen molar-refractivity contribution in [1.29, 1.82) is 0 Å². The molecule has 0 fully saturated rings. The van der Waals surface area contributed by atoms with Crippen LogP contribution < -0.4 is 5.32 Å². The van der Waals surface area contributed by atoms with Crippen LogP contribution in [0.4, 0.5) is 0 Å². The summed E-state index contributed by atoms with van der Waals surface area (Å²) in [6.45, 7) is 3.31. The maximum absolute atomic E-state index is 3.14. The summed E-state index contributed by atoms with van der Waals surface area (Å²) in [5, 5.41) is 3.14. The standard InChI is InChI=1S/C8H17N3/c1-9-4-3-5-11-7-6-10(2)8-11/h6-7,9H,3-5,8H2,1-2H3. The van der Waals surface area contributed by atoms with E-state index in [0.29, 0.717) is 0 Å². The monoisotopic (exact) mass is 155 g/mol. The summed E-state index contributed by atoms with van der Waals surface area (Å²) in [6.07, 6.45) is 5.48. The zero-order valence-electron chi connectivity index (χ0n) is 7.38. The van der Waals surface area contributed by atoms with Crippen molar-refractivity contribution < 1.29 is 0 Å². The summed E-state index contributed by atoms with van der Waals surface area (Å²) < 4.78 is 0. The molecule has 1 heterocycles. The van der Waals surface area contributed by atoms with Crippen molar-refractivity contribution in [2.75, 3.05) is 33.9 Å². The lowest BCUT2D eigenvalue weighted by Crippen LogP contribution is -2.25. The van der Waals surface area contributed by atoms with Crippen molar-refractivity contribution in [1.82, 2.24) is 15.1 Å². The Labute approximate surface area is 68.7 Å². The van der Waals surface area contributed by atoms with Gasteiger partial charge in [0.1, 0.15) is 0 Å². The molecule has 64 valence electrons. The fourth-order valence-electron chi connectivity index (χ4n) is 1.19. The number of rotatable bonds is 4. The van der Waals surface area contributed by atoms with Crippen molar-refractivity contribution in [3.05, 3.63) is 12.4 Å². The maximum Gasteiger partial charge on any atom is 0.0890 e. The molecule has 0 amide bonds. The summed E-state index contributed by atoms with van der Waals surface area (Å²) in [7, 11) is 4.08. The third kappa shape index (κ3) is 2.80. The molecule has 0 saturated heterocycles. The third-order valence-electron chi connectivity index (χ3n) is 1.81. The van der Waals surface area contributed by atoms with Crippen LogP contribution in [-0.4, -0.2) is 43.7 Å². The molecule has 0 aromatic rings. The lowest BCUT2D eigenvalue weighted by atomic mass is 10.4. The molecular weight excluding hydrogens is 138 g/mol. The largest absolute Gasteiger partial charge is 0.362 e. The molecule has 0 unspecified atom stereocenters. The van der Waals surface area contributed by atoms with Crippen LogP contribution >= 0.6 is 0 Å². The normalized spacial score (nSPS) is 16.5. The minimum absolute atomic E-state index is 1.05. The molecule has 0 aromatic heterocycles. The molecule has 3 heteroatoms. The van der Waals surface area contributed by atoms with Crippen LogP contribution in [0.15, 0.2) is 12.4 Å². The topological polar surface area (TPSA) is 18.5 Å². The molecule has 0 saturated carbocycles. The van der Waals surface area contributed by atoms with Crippen molar-refractivity contribution in [2.24, 2.45) is 0 Å². The quantitative estimate of drug-likeness (QED) is 0.588. The number of hydrogen-bond acceptors (Lipinski definition) is 3. The second kappa shape index (κ2) is 4.23. The van der Waals surface area contributed by atoms with Gasteiger partial charge in [0.2, 0.25) is 0 Å². The van der Waals surface area contributed by atoms with Crippen LogP contribution in [0.25, 0.3) is 0 Å². The van der Waals surface area contributed by atoms with E-state index in [4.69, 9.17) is 0 Å². The van der Waals surface area contributed by atoms with Gasteiger partial charge in [-0.15, -0.1) is 0 Å². The summed E-state index contributed by atoms with van der Waals surface area (Å²) in [5.41, 5.74) is 0. The van der Waals surface area contributed by atoms with Crippen LogP contribution in [-0.2, 0) is 0 Å². The SMILES string of the molecule is CNCCCN1C=CN(C)C1. The lowest BCUT2D eigenvalue weighted by Gasteiger charge is -2.17. The highest BCUT2D eigenvalue weighted by Gasteiger charge is 2.06. The van der Waals surface area contributed by atoms with Gasteiger partial charge >= 0.3 is 0 Å². The Kier molecular flexibility index (Phi) is 3.23. The predicted molar refractivity (Wildman–Crippen MR) is 47.0 cm³/mol. The highest BCUT2D eigenvalue weighted by atomic mass is 15.3. The van der Waals surface area contributed by atoms with E-state index in [1.807, 2.05) is 7.05 Å². The summed E-state index contributed by atoms with van der Waals surface area (Å²) in [5.74, 6) is 0. The van der Waals surface area contributed by atoms with Crippen molar-refractivity contribution in [2.45, 2.75) is 6.42 Å². The van der Waals surface area contributed by atoms with Crippen molar-refractivity contribution in [3.8, 4) is 0 Å². The molecule has 11 heavy (non-hydrogen) atoms. The lowest BCUT2D eigenvalue weighted by molar-refractivity contribution is 0.293. The van der Waals surface area contributed by atoms with Crippen LogP contribution in [0.2, 0.25) is 0 Å². The molecule has 1 rings (SSSR count). The molecular formula is C8H17N3. The first-order valence-electron chi connectivity index (χ1n) is 4.10. The fraction of sp³-hybridized carbons (Fsp3) is 0.750. The number of nitrogens with one attached hydrogen (secondary N) is 1. The molecule has 1 aliphatic heterocycles. The zero-order chi connectivity index (χ0) is 8.10. The van der Waals surface area contributed by atoms with Gasteiger partial charge in [-0.2, -0.15) is 0 Å². The predicted octanol–water partition coefficient (Wildman–Crippen LogP) is 0.272. The molecule has 1 aliphatic rings. The number of hydrogen-bond donors (Lipinski definition) is 1. The Balaban J connectivity index is 2.05. The Bertz CT molecular complexity index is 133. The van der Waals surface area contributed by atoms with E-state index in [1.165, 1.54) is 6.42 Å². The molecule has 0 aromatic carbocycles. The van der Waals surface area contributed by atoms with Crippen LogP contribution in [0.1, 0.15) is 6.42 Å². The molecule has 0 spiro atoms. The van der Waals surface area contributed by atoms with Crippen molar-refractivity contribution >= 4 is 0 Å². The van der Waals surface area contributed by atoms with Crippen molar-refractivity contribution in [3.63, 3.8) is 0 Å². The van der Waals surface area contributed by atoms with Gasteiger partial charge in [0.25, 0.3) is 0 Å². The van der Waals surface area contributed by atoms with E-state index in [-0.39, 0.29) is 0 Å². The van der Waals surface area contributed by atoms with Crippen LogP contribution in [0.3, 0.4) is 0 Å². The summed E-state index contributed by atoms with van der Waals surface area (Å²) in [6, 6.07) is 0. The van der Waals surface area contributed by atoms with Gasteiger partial charge in [0.05, 0.1) is 6.67 Å². The molecule has 1 N–H and O–H groups in total. The fourth-order valence-corrected chi connectivity index (χ4v) is 1.19. The Morgan fingerprint density at radius 1 is 1.45 bits per heavy atom. The van der Waals surface area contributed by atoms with Gasteiger partial charge in [0.15, 0.2) is 0 Å². The van der Waals surface area contributed by atoms with Gasteiger partial charge < -0.3 is 15.1 Å². The Morgan fingerprint density at radius 3 is 2.82 bits per heavy atom. The van der Waals surface area contributed by atoms with Gasteiger partial charge in [0, 0.05) is 26.0 Å². The van der Waals surface area contributed by atoms with E-state index in [9.17, 15) is 0 Å². The second-order valence-electron chi connectivity index (χ2n) is 2.97. The summed E-state index contributed by atoms with van der Waals surface area (Å²) in [4.78, 5) is 4.50. The molecule has 0 atom stereocenters. The van der Waals surface area contributed by atoms with E-state index >= 15 is 0 Å². The minimum Gasteiger partial charge on any atom is -0.362 e. The number of nitrogens with zero attached hydrogens (tertiary/aromatic N) is 2. The van der Waals surface area contributed by atoms with Crippen LogP contribution in [0, 0.1) is 0 Å². The third-order valence-corrected chi connectivity index (χ3v) is 1.81. The molecule has 3 nitrogen and oxygen atoms in total.